The summed E-state index contributed by atoms with van der Waals surface area (Å²) in [6.45, 7) is 10.9. The number of nitrogens with zero attached hydrogens (tertiary/aromatic N) is 3. The van der Waals surface area contributed by atoms with Gasteiger partial charge in [-0.2, -0.15) is 4.98 Å². The number of hydrogen-bond acceptors (Lipinski definition) is 7. The van der Waals surface area contributed by atoms with E-state index in [1.807, 2.05) is 13.0 Å². The molecule has 0 atom stereocenters. The number of rotatable bonds is 6. The van der Waals surface area contributed by atoms with E-state index in [0.717, 1.165) is 38.0 Å². The van der Waals surface area contributed by atoms with Gasteiger partial charge in [0.25, 0.3) is 0 Å². The van der Waals surface area contributed by atoms with Gasteiger partial charge in [0, 0.05) is 31.8 Å². The molecule has 0 bridgehead atoms. The first-order valence-corrected chi connectivity index (χ1v) is 8.59. The van der Waals surface area contributed by atoms with Crippen molar-refractivity contribution < 1.29 is 4.52 Å². The zero-order valence-electron chi connectivity index (χ0n) is 15.2. The second kappa shape index (κ2) is 8.19. The molecule has 1 aliphatic rings. The normalized spacial score (nSPS) is 18.2. The Morgan fingerprint density at radius 2 is 2.04 bits per heavy atom. The van der Waals surface area contributed by atoms with Crippen molar-refractivity contribution in [2.75, 3.05) is 19.6 Å². The number of hydrogen-bond donors (Lipinski definition) is 3. The number of aryl methyl sites for hydroxylation is 1. The van der Waals surface area contributed by atoms with Crippen molar-refractivity contribution in [3.63, 3.8) is 0 Å². The molecule has 1 aliphatic heterocycles. The van der Waals surface area contributed by atoms with E-state index < -0.39 is 0 Å². The van der Waals surface area contributed by atoms with Crippen molar-refractivity contribution in [1.29, 1.82) is 0 Å². The van der Waals surface area contributed by atoms with E-state index in [1.165, 1.54) is 0 Å². The lowest BCUT2D eigenvalue weighted by Gasteiger charge is -2.35. The molecule has 0 spiro atoms. The van der Waals surface area contributed by atoms with Gasteiger partial charge in [0.15, 0.2) is 0 Å². The van der Waals surface area contributed by atoms with E-state index in [1.54, 1.807) is 6.92 Å². The second-order valence-corrected chi connectivity index (χ2v) is 6.89. The average molecular weight is 334 g/mol. The van der Waals surface area contributed by atoms with Gasteiger partial charge in [-0.1, -0.05) is 19.0 Å². The maximum absolute atomic E-state index is 6.41. The van der Waals surface area contributed by atoms with Crippen LogP contribution in [0.1, 0.15) is 45.3 Å². The fraction of sp³-hybridized carbons (Fsp3) is 0.647. The number of aromatic nitrogens is 2. The lowest BCUT2D eigenvalue weighted by molar-refractivity contribution is 0.237. The molecule has 0 amide bonds. The maximum atomic E-state index is 6.41. The lowest BCUT2D eigenvalue weighted by Crippen LogP contribution is -2.44. The Hall–Kier alpha value is -2.02. The smallest absolute Gasteiger partial charge is 0.223 e. The monoisotopic (exact) mass is 334 g/mol. The van der Waals surface area contributed by atoms with Crippen molar-refractivity contribution in [1.82, 2.24) is 20.4 Å². The summed E-state index contributed by atoms with van der Waals surface area (Å²) < 4.78 is 5.09. The van der Waals surface area contributed by atoms with Crippen LogP contribution in [0.3, 0.4) is 0 Å². The zero-order valence-corrected chi connectivity index (χ0v) is 15.2. The maximum Gasteiger partial charge on any atom is 0.223 e. The third-order valence-electron chi connectivity index (χ3n) is 4.07. The van der Waals surface area contributed by atoms with Gasteiger partial charge in [-0.15, -0.1) is 0 Å². The average Bonchev–Trinajstić information content (AvgIpc) is 2.96. The van der Waals surface area contributed by atoms with Gasteiger partial charge in [0.2, 0.25) is 11.7 Å². The third kappa shape index (κ3) is 4.99. The first-order valence-electron chi connectivity index (χ1n) is 8.59. The van der Waals surface area contributed by atoms with Gasteiger partial charge in [0.05, 0.1) is 5.57 Å². The van der Waals surface area contributed by atoms with Crippen molar-refractivity contribution >= 4 is 5.57 Å². The SMILES string of the molecule is C/C(N)=C/C(=C(\N)N1CCC(NCC(C)C)CC1)c1noc(C)n1. The summed E-state index contributed by atoms with van der Waals surface area (Å²) in [7, 11) is 0. The molecule has 0 aliphatic carbocycles. The Bertz CT molecular complexity index is 592. The van der Waals surface area contributed by atoms with Gasteiger partial charge >= 0.3 is 0 Å². The fourth-order valence-electron chi connectivity index (χ4n) is 2.79. The van der Waals surface area contributed by atoms with E-state index in [4.69, 9.17) is 16.0 Å². The molecule has 2 heterocycles. The molecule has 134 valence electrons. The van der Waals surface area contributed by atoms with Gasteiger partial charge in [-0.3, -0.25) is 0 Å². The van der Waals surface area contributed by atoms with E-state index in [-0.39, 0.29) is 0 Å². The van der Waals surface area contributed by atoms with E-state index in [2.05, 4.69) is 34.2 Å². The van der Waals surface area contributed by atoms with Gasteiger partial charge in [-0.05, 0) is 38.3 Å². The molecule has 0 saturated carbocycles. The highest BCUT2D eigenvalue weighted by Crippen LogP contribution is 2.21. The summed E-state index contributed by atoms with van der Waals surface area (Å²) in [6.07, 6.45) is 3.94. The lowest BCUT2D eigenvalue weighted by atomic mass is 10.0. The molecule has 1 saturated heterocycles. The predicted octanol–water partition coefficient (Wildman–Crippen LogP) is 1.58. The van der Waals surface area contributed by atoms with Crippen LogP contribution in [0.25, 0.3) is 5.57 Å². The minimum absolute atomic E-state index is 0.481. The van der Waals surface area contributed by atoms with Crippen LogP contribution < -0.4 is 16.8 Å². The van der Waals surface area contributed by atoms with Crippen LogP contribution in [0.4, 0.5) is 0 Å². The van der Waals surface area contributed by atoms with E-state index in [9.17, 15) is 0 Å². The second-order valence-electron chi connectivity index (χ2n) is 6.89. The first kappa shape index (κ1) is 18.3. The number of likely N-dealkylation sites (tertiary alicyclic amines) is 1. The minimum Gasteiger partial charge on any atom is -0.402 e. The molecular weight excluding hydrogens is 304 g/mol. The Kier molecular flexibility index (Phi) is 6.25. The highest BCUT2D eigenvalue weighted by Gasteiger charge is 2.22. The Morgan fingerprint density at radius 3 is 2.54 bits per heavy atom. The van der Waals surface area contributed by atoms with Crippen LogP contribution in [0, 0.1) is 12.8 Å². The van der Waals surface area contributed by atoms with Crippen LogP contribution in [0.2, 0.25) is 0 Å². The standard InChI is InChI=1S/C17H30N6O/c1-11(2)10-20-14-5-7-23(8-6-14)16(19)15(9-12(3)18)17-21-13(4)24-22-17/h9,11,14,20H,5-8,10,18-19H2,1-4H3/b12-9-,16-15-. The summed E-state index contributed by atoms with van der Waals surface area (Å²) in [5, 5.41) is 7.61. The molecule has 7 nitrogen and oxygen atoms in total. The number of nitrogens with one attached hydrogen (secondary N) is 1. The van der Waals surface area contributed by atoms with Crippen LogP contribution in [0.5, 0.6) is 0 Å². The molecular formula is C17H30N6O. The summed E-state index contributed by atoms with van der Waals surface area (Å²) in [5.74, 6) is 2.31. The third-order valence-corrected chi connectivity index (χ3v) is 4.07. The molecule has 1 aromatic heterocycles. The fourth-order valence-corrected chi connectivity index (χ4v) is 2.79. The minimum atomic E-state index is 0.481. The van der Waals surface area contributed by atoms with Crippen molar-refractivity contribution in [3.8, 4) is 0 Å². The van der Waals surface area contributed by atoms with Gasteiger partial charge in [0.1, 0.15) is 5.82 Å². The number of nitrogens with two attached hydrogens (primary N) is 2. The molecule has 0 unspecified atom stereocenters. The quantitative estimate of drug-likeness (QED) is 0.678. The van der Waals surface area contributed by atoms with Crippen molar-refractivity contribution in [3.05, 3.63) is 29.3 Å². The molecule has 7 heteroatoms. The van der Waals surface area contributed by atoms with Crippen LogP contribution in [-0.4, -0.2) is 40.7 Å². The number of allylic oxidation sites excluding steroid dienone is 3. The molecule has 5 N–H and O–H groups in total. The first-order chi connectivity index (χ1) is 11.4. The molecule has 24 heavy (non-hydrogen) atoms. The highest BCUT2D eigenvalue weighted by molar-refractivity contribution is 5.72. The zero-order chi connectivity index (χ0) is 17.7. The largest absolute Gasteiger partial charge is 0.402 e. The molecule has 2 rings (SSSR count). The molecule has 1 fully saturated rings. The van der Waals surface area contributed by atoms with Crippen LogP contribution in [-0.2, 0) is 0 Å². The Labute approximate surface area is 144 Å². The summed E-state index contributed by atoms with van der Waals surface area (Å²) >= 11 is 0. The summed E-state index contributed by atoms with van der Waals surface area (Å²) in [6, 6.07) is 0.555. The van der Waals surface area contributed by atoms with Crippen molar-refractivity contribution in [2.45, 2.75) is 46.6 Å². The van der Waals surface area contributed by atoms with Gasteiger partial charge < -0.3 is 26.2 Å². The molecule has 0 radical (unpaired) electrons. The van der Waals surface area contributed by atoms with Crippen LogP contribution >= 0.6 is 0 Å². The van der Waals surface area contributed by atoms with Crippen molar-refractivity contribution in [2.24, 2.45) is 17.4 Å². The Balaban J connectivity index is 2.10. The van der Waals surface area contributed by atoms with E-state index in [0.29, 0.717) is 35.2 Å². The summed E-state index contributed by atoms with van der Waals surface area (Å²) in [5.41, 5.74) is 13.6. The topological polar surface area (TPSA) is 106 Å². The van der Waals surface area contributed by atoms with Gasteiger partial charge in [-0.25, -0.2) is 0 Å². The summed E-state index contributed by atoms with van der Waals surface area (Å²) in [4.78, 5) is 6.46. The molecule has 1 aromatic rings. The predicted molar refractivity (Wildman–Crippen MR) is 95.5 cm³/mol. The van der Waals surface area contributed by atoms with Crippen LogP contribution in [0.15, 0.2) is 22.1 Å². The van der Waals surface area contributed by atoms with E-state index >= 15 is 0 Å². The Morgan fingerprint density at radius 1 is 1.38 bits per heavy atom. The highest BCUT2D eigenvalue weighted by atomic mass is 16.5. The molecule has 0 aromatic carbocycles. The number of piperidine rings is 1.